The highest BCUT2D eigenvalue weighted by atomic mass is 35.5. The molecule has 8 nitrogen and oxygen atoms in total. The van der Waals surface area contributed by atoms with Gasteiger partial charge in [0.1, 0.15) is 6.33 Å². The quantitative estimate of drug-likeness (QED) is 0.654. The third-order valence-electron chi connectivity index (χ3n) is 3.80. The average molecular weight is 386 g/mol. The maximum absolute atomic E-state index is 12.1. The summed E-state index contributed by atoms with van der Waals surface area (Å²) in [4.78, 5) is 24.1. The van der Waals surface area contributed by atoms with E-state index < -0.39 is 11.9 Å². The fourth-order valence-electron chi connectivity index (χ4n) is 2.43. The molecule has 0 unspecified atom stereocenters. The zero-order chi connectivity index (χ0) is 19.2. The van der Waals surface area contributed by atoms with Gasteiger partial charge in [-0.15, -0.1) is 5.10 Å². The molecular weight excluding hydrogens is 370 g/mol. The predicted octanol–water partition coefficient (Wildman–Crippen LogP) is 2.35. The summed E-state index contributed by atoms with van der Waals surface area (Å²) < 4.78 is 6.51. The number of nitrogens with one attached hydrogen (secondary N) is 1. The molecule has 2 aromatic carbocycles. The van der Waals surface area contributed by atoms with Crippen molar-refractivity contribution in [3.05, 3.63) is 71.0 Å². The van der Waals surface area contributed by atoms with Crippen molar-refractivity contribution >= 4 is 23.5 Å². The third kappa shape index (κ3) is 4.68. The van der Waals surface area contributed by atoms with E-state index in [1.807, 2.05) is 18.2 Å². The number of amides is 1. The van der Waals surface area contributed by atoms with Crippen molar-refractivity contribution in [1.82, 2.24) is 25.5 Å². The van der Waals surface area contributed by atoms with Gasteiger partial charge in [0, 0.05) is 5.02 Å². The van der Waals surface area contributed by atoms with Gasteiger partial charge in [0.15, 0.2) is 6.61 Å². The van der Waals surface area contributed by atoms with Crippen molar-refractivity contribution in [3.8, 4) is 5.69 Å². The van der Waals surface area contributed by atoms with Crippen LogP contribution in [0.25, 0.3) is 5.69 Å². The number of tetrazole rings is 1. The van der Waals surface area contributed by atoms with E-state index >= 15 is 0 Å². The first-order valence-electron chi connectivity index (χ1n) is 8.09. The number of halogens is 1. The van der Waals surface area contributed by atoms with Crippen LogP contribution in [0, 0.1) is 0 Å². The Balaban J connectivity index is 1.52. The summed E-state index contributed by atoms with van der Waals surface area (Å²) in [6, 6.07) is 13.4. The number of benzene rings is 2. The molecule has 0 aliphatic rings. The Hall–Kier alpha value is -3.26. The molecular formula is C18H16ClN5O3. The van der Waals surface area contributed by atoms with Crippen molar-refractivity contribution in [2.75, 3.05) is 6.61 Å². The third-order valence-corrected chi connectivity index (χ3v) is 4.14. The molecule has 0 radical (unpaired) electrons. The van der Waals surface area contributed by atoms with Gasteiger partial charge in [0.25, 0.3) is 5.91 Å². The molecule has 0 bridgehead atoms. The molecule has 3 aromatic rings. The van der Waals surface area contributed by atoms with Gasteiger partial charge in [-0.1, -0.05) is 29.8 Å². The summed E-state index contributed by atoms with van der Waals surface area (Å²) in [5.74, 6) is -1.01. The van der Waals surface area contributed by atoms with Crippen LogP contribution < -0.4 is 5.32 Å². The molecule has 1 N–H and O–H groups in total. The van der Waals surface area contributed by atoms with Crippen LogP contribution in [-0.4, -0.2) is 38.7 Å². The summed E-state index contributed by atoms with van der Waals surface area (Å²) in [5.41, 5.74) is 1.80. The molecule has 27 heavy (non-hydrogen) atoms. The number of nitrogens with zero attached hydrogens (tertiary/aromatic N) is 4. The maximum atomic E-state index is 12.1. The van der Waals surface area contributed by atoms with Crippen LogP contribution in [0.15, 0.2) is 54.9 Å². The highest BCUT2D eigenvalue weighted by molar-refractivity contribution is 6.31. The first-order chi connectivity index (χ1) is 13.0. The van der Waals surface area contributed by atoms with Crippen molar-refractivity contribution < 1.29 is 14.3 Å². The molecule has 0 fully saturated rings. The van der Waals surface area contributed by atoms with Gasteiger partial charge in [0.05, 0.1) is 17.3 Å². The van der Waals surface area contributed by atoms with Crippen LogP contribution in [0.3, 0.4) is 0 Å². The summed E-state index contributed by atoms with van der Waals surface area (Å²) in [6.45, 7) is 1.42. The fraction of sp³-hybridized carbons (Fsp3) is 0.167. The normalized spacial score (nSPS) is 11.6. The van der Waals surface area contributed by atoms with Crippen LogP contribution in [-0.2, 0) is 9.53 Å². The zero-order valence-electron chi connectivity index (χ0n) is 14.4. The van der Waals surface area contributed by atoms with Crippen LogP contribution in [0.5, 0.6) is 0 Å². The monoisotopic (exact) mass is 385 g/mol. The first kappa shape index (κ1) is 18.5. The molecule has 1 atom stereocenters. The minimum Gasteiger partial charge on any atom is -0.452 e. The van der Waals surface area contributed by atoms with Gasteiger partial charge in [0.2, 0.25) is 0 Å². The number of ether oxygens (including phenoxy) is 1. The molecule has 0 saturated carbocycles. The van der Waals surface area contributed by atoms with Gasteiger partial charge in [-0.05, 0) is 53.2 Å². The molecule has 0 aliphatic carbocycles. The number of hydrogen-bond acceptors (Lipinski definition) is 6. The van der Waals surface area contributed by atoms with Gasteiger partial charge in [-0.3, -0.25) is 4.79 Å². The molecule has 138 valence electrons. The summed E-state index contributed by atoms with van der Waals surface area (Å²) in [6.07, 6.45) is 1.44. The highest BCUT2D eigenvalue weighted by Gasteiger charge is 2.15. The summed E-state index contributed by atoms with van der Waals surface area (Å²) >= 11 is 6.11. The first-order valence-corrected chi connectivity index (χ1v) is 8.46. The number of carbonyl (C=O) groups excluding carboxylic acids is 2. The Morgan fingerprint density at radius 2 is 1.93 bits per heavy atom. The van der Waals surface area contributed by atoms with Gasteiger partial charge in [-0.2, -0.15) is 0 Å². The highest BCUT2D eigenvalue weighted by Crippen LogP contribution is 2.21. The lowest BCUT2D eigenvalue weighted by Gasteiger charge is -2.15. The van der Waals surface area contributed by atoms with Gasteiger partial charge >= 0.3 is 5.97 Å². The van der Waals surface area contributed by atoms with E-state index in [9.17, 15) is 9.59 Å². The summed E-state index contributed by atoms with van der Waals surface area (Å²) in [7, 11) is 0. The van der Waals surface area contributed by atoms with Gasteiger partial charge < -0.3 is 10.1 Å². The zero-order valence-corrected chi connectivity index (χ0v) is 15.1. The molecule has 0 aliphatic heterocycles. The van der Waals surface area contributed by atoms with Crippen molar-refractivity contribution in [2.24, 2.45) is 0 Å². The van der Waals surface area contributed by atoms with E-state index in [1.54, 1.807) is 37.3 Å². The van der Waals surface area contributed by atoms with Crippen LogP contribution >= 0.6 is 11.6 Å². The topological polar surface area (TPSA) is 99.0 Å². The smallest absolute Gasteiger partial charge is 0.338 e. The Bertz CT molecular complexity index is 928. The van der Waals surface area contributed by atoms with E-state index in [0.717, 1.165) is 5.56 Å². The number of carbonyl (C=O) groups is 2. The second-order valence-electron chi connectivity index (χ2n) is 5.69. The standard InChI is InChI=1S/C18H16ClN5O3/c1-12(15-4-2-3-5-16(15)19)21-17(25)10-27-18(26)13-6-8-14(9-7-13)24-11-20-22-23-24/h2-9,11-12H,10H2,1H3,(H,21,25)/t12-/m0/s1. The Labute approximate surface area is 160 Å². The Morgan fingerprint density at radius 3 is 2.59 bits per heavy atom. The van der Waals surface area contributed by atoms with Crippen LogP contribution in [0.4, 0.5) is 0 Å². The molecule has 9 heteroatoms. The molecule has 0 spiro atoms. The number of hydrogen-bond donors (Lipinski definition) is 1. The molecule has 0 saturated heterocycles. The molecule has 1 aromatic heterocycles. The van der Waals surface area contributed by atoms with Crippen molar-refractivity contribution in [1.29, 1.82) is 0 Å². The minimum atomic E-state index is -0.598. The fourth-order valence-corrected chi connectivity index (χ4v) is 2.73. The average Bonchev–Trinajstić information content (AvgIpc) is 3.21. The number of aromatic nitrogens is 4. The second-order valence-corrected chi connectivity index (χ2v) is 6.10. The molecule has 1 heterocycles. The maximum Gasteiger partial charge on any atom is 0.338 e. The minimum absolute atomic E-state index is 0.305. The number of rotatable bonds is 6. The van der Waals surface area contributed by atoms with E-state index in [-0.39, 0.29) is 12.6 Å². The van der Waals surface area contributed by atoms with Crippen LogP contribution in [0.2, 0.25) is 5.02 Å². The Morgan fingerprint density at radius 1 is 1.19 bits per heavy atom. The molecule has 3 rings (SSSR count). The SMILES string of the molecule is C[C@H](NC(=O)COC(=O)c1ccc(-n2cnnn2)cc1)c1ccccc1Cl. The van der Waals surface area contributed by atoms with Crippen molar-refractivity contribution in [2.45, 2.75) is 13.0 Å². The number of esters is 1. The van der Waals surface area contributed by atoms with E-state index in [2.05, 4.69) is 20.8 Å². The second kappa shape index (κ2) is 8.41. The Kier molecular flexibility index (Phi) is 5.77. The van der Waals surface area contributed by atoms with E-state index in [0.29, 0.717) is 16.3 Å². The largest absolute Gasteiger partial charge is 0.452 e. The van der Waals surface area contributed by atoms with Crippen LogP contribution in [0.1, 0.15) is 28.9 Å². The summed E-state index contributed by atoms with van der Waals surface area (Å²) in [5, 5.41) is 14.1. The lowest BCUT2D eigenvalue weighted by Crippen LogP contribution is -2.31. The lowest BCUT2D eigenvalue weighted by atomic mass is 10.1. The van der Waals surface area contributed by atoms with E-state index in [4.69, 9.17) is 16.3 Å². The predicted molar refractivity (Wildman–Crippen MR) is 97.4 cm³/mol. The van der Waals surface area contributed by atoms with E-state index in [1.165, 1.54) is 11.0 Å². The molecule has 1 amide bonds. The lowest BCUT2D eigenvalue weighted by molar-refractivity contribution is -0.124. The van der Waals surface area contributed by atoms with Gasteiger partial charge in [-0.25, -0.2) is 9.48 Å². The van der Waals surface area contributed by atoms with Crippen molar-refractivity contribution in [3.63, 3.8) is 0 Å².